The average molecular weight is 334 g/mol. The molecule has 2 N–H and O–H groups in total. The third kappa shape index (κ3) is 4.14. The Hall–Kier alpha value is -2.25. The number of pyridine rings is 1. The second-order valence-corrected chi connectivity index (χ2v) is 5.62. The van der Waals surface area contributed by atoms with Gasteiger partial charge >= 0.3 is 0 Å². The number of aromatic nitrogens is 3. The molecule has 7 nitrogen and oxygen atoms in total. The molecule has 23 heavy (non-hydrogen) atoms. The van der Waals surface area contributed by atoms with Crippen LogP contribution in [-0.2, 0) is 4.74 Å². The lowest BCUT2D eigenvalue weighted by Crippen LogP contribution is -2.52. The summed E-state index contributed by atoms with van der Waals surface area (Å²) in [5.74, 6) is 0.487. The standard InChI is InChI=1S/C15H16ClN5O2/c16-11-5-10(6-18-7-11)15(22)21-12-2-4-23-8-13(12)20-14-1-3-17-9-19-14/h1,3,5-7,9,12-13H,2,4,8H2,(H,21,22)(H,17,19,20)/t12-,13+/m0/s1. The molecule has 1 aliphatic heterocycles. The van der Waals surface area contributed by atoms with Crippen LogP contribution in [0, 0.1) is 0 Å². The molecular formula is C15H16ClN5O2. The topological polar surface area (TPSA) is 89.0 Å². The van der Waals surface area contributed by atoms with Crippen LogP contribution in [0.4, 0.5) is 5.82 Å². The highest BCUT2D eigenvalue weighted by molar-refractivity contribution is 6.30. The van der Waals surface area contributed by atoms with Crippen LogP contribution in [0.15, 0.2) is 37.1 Å². The van der Waals surface area contributed by atoms with Gasteiger partial charge in [0.1, 0.15) is 12.1 Å². The van der Waals surface area contributed by atoms with Crippen LogP contribution in [0.1, 0.15) is 16.8 Å². The van der Waals surface area contributed by atoms with Crippen molar-refractivity contribution in [2.24, 2.45) is 0 Å². The number of rotatable bonds is 4. The maximum absolute atomic E-state index is 12.4. The fourth-order valence-corrected chi connectivity index (χ4v) is 2.58. The van der Waals surface area contributed by atoms with Crippen LogP contribution < -0.4 is 10.6 Å². The smallest absolute Gasteiger partial charge is 0.253 e. The summed E-state index contributed by atoms with van der Waals surface area (Å²) in [6.07, 6.45) is 6.82. The van der Waals surface area contributed by atoms with E-state index in [0.717, 1.165) is 0 Å². The second kappa shape index (κ2) is 7.34. The van der Waals surface area contributed by atoms with Crippen LogP contribution in [-0.4, -0.2) is 46.2 Å². The zero-order valence-corrected chi connectivity index (χ0v) is 13.0. The van der Waals surface area contributed by atoms with Crippen molar-refractivity contribution in [3.63, 3.8) is 0 Å². The van der Waals surface area contributed by atoms with E-state index in [1.807, 2.05) is 0 Å². The van der Waals surface area contributed by atoms with Crippen molar-refractivity contribution < 1.29 is 9.53 Å². The van der Waals surface area contributed by atoms with Gasteiger partial charge in [0.25, 0.3) is 5.91 Å². The van der Waals surface area contributed by atoms with Gasteiger partial charge in [-0.25, -0.2) is 9.97 Å². The van der Waals surface area contributed by atoms with Gasteiger partial charge in [-0.2, -0.15) is 0 Å². The first-order valence-corrected chi connectivity index (χ1v) is 7.62. The Kier molecular flexibility index (Phi) is 4.99. The van der Waals surface area contributed by atoms with E-state index in [2.05, 4.69) is 25.6 Å². The molecule has 120 valence electrons. The molecule has 8 heteroatoms. The lowest BCUT2D eigenvalue weighted by atomic mass is 10.0. The number of ether oxygens (including phenoxy) is 1. The Labute approximate surface area is 138 Å². The Bertz CT molecular complexity index is 670. The van der Waals surface area contributed by atoms with Gasteiger partial charge in [0.05, 0.1) is 29.3 Å². The fourth-order valence-electron chi connectivity index (χ4n) is 2.41. The Morgan fingerprint density at radius 1 is 1.30 bits per heavy atom. The maximum atomic E-state index is 12.4. The lowest BCUT2D eigenvalue weighted by Gasteiger charge is -2.33. The van der Waals surface area contributed by atoms with Crippen LogP contribution in [0.2, 0.25) is 5.02 Å². The number of carbonyl (C=O) groups is 1. The highest BCUT2D eigenvalue weighted by Gasteiger charge is 2.27. The molecular weight excluding hydrogens is 318 g/mol. The molecule has 0 saturated carbocycles. The summed E-state index contributed by atoms with van der Waals surface area (Å²) >= 11 is 5.88. The molecule has 0 unspecified atom stereocenters. The molecule has 1 fully saturated rings. The number of anilines is 1. The normalized spacial score (nSPS) is 20.7. The van der Waals surface area contributed by atoms with Crippen molar-refractivity contribution in [2.45, 2.75) is 18.5 Å². The maximum Gasteiger partial charge on any atom is 0.253 e. The van der Waals surface area contributed by atoms with Crippen molar-refractivity contribution >= 4 is 23.3 Å². The fraction of sp³-hybridized carbons (Fsp3) is 0.333. The average Bonchev–Trinajstić information content (AvgIpc) is 2.57. The van der Waals surface area contributed by atoms with E-state index >= 15 is 0 Å². The molecule has 1 amide bonds. The molecule has 2 aromatic heterocycles. The molecule has 2 aromatic rings. The van der Waals surface area contributed by atoms with Gasteiger partial charge in [-0.3, -0.25) is 9.78 Å². The number of nitrogens with one attached hydrogen (secondary N) is 2. The van der Waals surface area contributed by atoms with Gasteiger partial charge < -0.3 is 15.4 Å². The molecule has 1 saturated heterocycles. The number of hydrogen-bond acceptors (Lipinski definition) is 6. The summed E-state index contributed by atoms with van der Waals surface area (Å²) in [7, 11) is 0. The van der Waals surface area contributed by atoms with Crippen molar-refractivity contribution in [1.29, 1.82) is 0 Å². The Morgan fingerprint density at radius 2 is 2.22 bits per heavy atom. The molecule has 2 atom stereocenters. The van der Waals surface area contributed by atoms with Crippen LogP contribution >= 0.6 is 11.6 Å². The minimum Gasteiger partial charge on any atom is -0.379 e. The molecule has 0 spiro atoms. The Balaban J connectivity index is 1.68. The highest BCUT2D eigenvalue weighted by Crippen LogP contribution is 2.14. The molecule has 0 aliphatic carbocycles. The van der Waals surface area contributed by atoms with Crippen molar-refractivity contribution in [3.05, 3.63) is 47.6 Å². The zero-order chi connectivity index (χ0) is 16.1. The molecule has 3 rings (SSSR count). The van der Waals surface area contributed by atoms with Crippen LogP contribution in [0.5, 0.6) is 0 Å². The van der Waals surface area contributed by atoms with Gasteiger partial charge in [0.15, 0.2) is 0 Å². The van der Waals surface area contributed by atoms with Gasteiger partial charge in [0.2, 0.25) is 0 Å². The van der Waals surface area contributed by atoms with E-state index < -0.39 is 0 Å². The largest absolute Gasteiger partial charge is 0.379 e. The van der Waals surface area contributed by atoms with Crippen molar-refractivity contribution in [3.8, 4) is 0 Å². The van der Waals surface area contributed by atoms with Gasteiger partial charge in [0, 0.05) is 25.2 Å². The Morgan fingerprint density at radius 3 is 3.00 bits per heavy atom. The summed E-state index contributed by atoms with van der Waals surface area (Å²) in [5.41, 5.74) is 0.435. The third-order valence-corrected chi connectivity index (χ3v) is 3.76. The second-order valence-electron chi connectivity index (χ2n) is 5.18. The predicted molar refractivity (Wildman–Crippen MR) is 85.4 cm³/mol. The number of nitrogens with zero attached hydrogens (tertiary/aromatic N) is 3. The molecule has 0 radical (unpaired) electrons. The van der Waals surface area contributed by atoms with E-state index in [9.17, 15) is 4.79 Å². The van der Waals surface area contributed by atoms with Crippen molar-refractivity contribution in [2.75, 3.05) is 18.5 Å². The van der Waals surface area contributed by atoms with E-state index in [1.165, 1.54) is 18.7 Å². The summed E-state index contributed by atoms with van der Waals surface area (Å²) in [5, 5.41) is 6.71. The number of halogens is 1. The predicted octanol–water partition coefficient (Wildman–Crippen LogP) is 1.52. The third-order valence-electron chi connectivity index (χ3n) is 3.56. The van der Waals surface area contributed by atoms with E-state index in [-0.39, 0.29) is 18.0 Å². The van der Waals surface area contributed by atoms with Crippen molar-refractivity contribution in [1.82, 2.24) is 20.3 Å². The zero-order valence-electron chi connectivity index (χ0n) is 12.3. The summed E-state index contributed by atoms with van der Waals surface area (Å²) in [4.78, 5) is 24.3. The van der Waals surface area contributed by atoms with E-state index in [1.54, 1.807) is 18.3 Å². The van der Waals surface area contributed by atoms with Gasteiger partial charge in [-0.1, -0.05) is 11.6 Å². The monoisotopic (exact) mass is 333 g/mol. The van der Waals surface area contributed by atoms with E-state index in [4.69, 9.17) is 16.3 Å². The summed E-state index contributed by atoms with van der Waals surface area (Å²) < 4.78 is 5.50. The minimum atomic E-state index is -0.207. The SMILES string of the molecule is O=C(N[C@H]1CCOC[C@H]1Nc1ccncn1)c1cncc(Cl)c1. The number of hydrogen-bond donors (Lipinski definition) is 2. The summed E-state index contributed by atoms with van der Waals surface area (Å²) in [6, 6.07) is 3.21. The lowest BCUT2D eigenvalue weighted by molar-refractivity contribution is 0.0620. The highest BCUT2D eigenvalue weighted by atomic mass is 35.5. The first-order valence-electron chi connectivity index (χ1n) is 7.24. The molecule has 0 bridgehead atoms. The molecule has 3 heterocycles. The molecule has 1 aliphatic rings. The first kappa shape index (κ1) is 15.6. The van der Waals surface area contributed by atoms with Gasteiger partial charge in [-0.05, 0) is 18.6 Å². The minimum absolute atomic E-state index is 0.0743. The first-order chi connectivity index (χ1) is 11.2. The molecule has 0 aromatic carbocycles. The number of amides is 1. The van der Waals surface area contributed by atoms with E-state index in [0.29, 0.717) is 36.0 Å². The number of carbonyl (C=O) groups excluding carboxylic acids is 1. The summed E-state index contributed by atoms with van der Waals surface area (Å²) in [6.45, 7) is 1.09. The van der Waals surface area contributed by atoms with Gasteiger partial charge in [-0.15, -0.1) is 0 Å². The van der Waals surface area contributed by atoms with Crippen LogP contribution in [0.25, 0.3) is 0 Å². The van der Waals surface area contributed by atoms with Crippen LogP contribution in [0.3, 0.4) is 0 Å². The quantitative estimate of drug-likeness (QED) is 0.882.